The predicted octanol–water partition coefficient (Wildman–Crippen LogP) is 3.46. The Morgan fingerprint density at radius 3 is 2.56 bits per heavy atom. The van der Waals surface area contributed by atoms with Gasteiger partial charge in [0.15, 0.2) is 0 Å². The SMILES string of the molecule is COc1csc(C(N)c2ccc(Cl)cc2)c1. The maximum Gasteiger partial charge on any atom is 0.129 e. The molecular formula is C12H12ClNOS. The van der Waals surface area contributed by atoms with Crippen molar-refractivity contribution in [2.75, 3.05) is 7.11 Å². The number of rotatable bonds is 3. The van der Waals surface area contributed by atoms with Gasteiger partial charge >= 0.3 is 0 Å². The molecule has 0 amide bonds. The van der Waals surface area contributed by atoms with Gasteiger partial charge in [0.05, 0.1) is 13.2 Å². The molecule has 0 saturated carbocycles. The fourth-order valence-corrected chi connectivity index (χ4v) is 2.45. The van der Waals surface area contributed by atoms with E-state index >= 15 is 0 Å². The molecule has 1 aromatic carbocycles. The smallest absolute Gasteiger partial charge is 0.129 e. The molecule has 2 N–H and O–H groups in total. The molecule has 0 bridgehead atoms. The molecule has 1 unspecified atom stereocenters. The van der Waals surface area contributed by atoms with Gasteiger partial charge in [0.2, 0.25) is 0 Å². The van der Waals surface area contributed by atoms with E-state index in [0.29, 0.717) is 0 Å². The van der Waals surface area contributed by atoms with Crippen molar-refractivity contribution in [2.45, 2.75) is 6.04 Å². The van der Waals surface area contributed by atoms with Crippen molar-refractivity contribution in [1.82, 2.24) is 0 Å². The van der Waals surface area contributed by atoms with Gasteiger partial charge in [-0.25, -0.2) is 0 Å². The van der Waals surface area contributed by atoms with E-state index in [1.165, 1.54) is 0 Å². The third-order valence-electron chi connectivity index (χ3n) is 2.37. The van der Waals surface area contributed by atoms with Gasteiger partial charge in [-0.3, -0.25) is 0 Å². The summed E-state index contributed by atoms with van der Waals surface area (Å²) < 4.78 is 5.13. The highest BCUT2D eigenvalue weighted by molar-refractivity contribution is 7.10. The van der Waals surface area contributed by atoms with Gasteiger partial charge in [-0.1, -0.05) is 23.7 Å². The van der Waals surface area contributed by atoms with Crippen LogP contribution in [0.5, 0.6) is 5.75 Å². The second-order valence-corrected chi connectivity index (χ2v) is 4.80. The number of ether oxygens (including phenoxy) is 1. The fourth-order valence-electron chi connectivity index (χ4n) is 1.44. The number of halogens is 1. The van der Waals surface area contributed by atoms with E-state index in [1.807, 2.05) is 35.7 Å². The molecule has 0 spiro atoms. The maximum absolute atomic E-state index is 6.15. The Morgan fingerprint density at radius 1 is 1.31 bits per heavy atom. The lowest BCUT2D eigenvalue weighted by Crippen LogP contribution is -2.09. The molecule has 2 rings (SSSR count). The quantitative estimate of drug-likeness (QED) is 0.909. The van der Waals surface area contributed by atoms with E-state index in [4.69, 9.17) is 22.1 Å². The van der Waals surface area contributed by atoms with Crippen LogP contribution in [0.1, 0.15) is 16.5 Å². The molecule has 16 heavy (non-hydrogen) atoms. The molecule has 0 fully saturated rings. The summed E-state index contributed by atoms with van der Waals surface area (Å²) in [5, 5.41) is 2.67. The number of hydrogen-bond acceptors (Lipinski definition) is 3. The third kappa shape index (κ3) is 2.38. The van der Waals surface area contributed by atoms with Crippen LogP contribution in [-0.2, 0) is 0 Å². The van der Waals surface area contributed by atoms with Gasteiger partial charge in [-0.2, -0.15) is 0 Å². The standard InChI is InChI=1S/C12H12ClNOS/c1-15-10-6-11(16-7-10)12(14)8-2-4-9(13)5-3-8/h2-7,12H,14H2,1H3. The topological polar surface area (TPSA) is 35.2 Å². The van der Waals surface area contributed by atoms with E-state index in [0.717, 1.165) is 21.2 Å². The number of methoxy groups -OCH3 is 1. The van der Waals surface area contributed by atoms with Gasteiger partial charge in [-0.15, -0.1) is 11.3 Å². The van der Waals surface area contributed by atoms with E-state index < -0.39 is 0 Å². The molecular weight excluding hydrogens is 242 g/mol. The highest BCUT2D eigenvalue weighted by atomic mass is 35.5. The monoisotopic (exact) mass is 253 g/mol. The highest BCUT2D eigenvalue weighted by Gasteiger charge is 2.11. The lowest BCUT2D eigenvalue weighted by Gasteiger charge is -2.09. The minimum absolute atomic E-state index is 0.119. The van der Waals surface area contributed by atoms with Crippen LogP contribution >= 0.6 is 22.9 Å². The second kappa shape index (κ2) is 4.87. The minimum atomic E-state index is -0.119. The van der Waals surface area contributed by atoms with Crippen LogP contribution in [0.25, 0.3) is 0 Å². The number of nitrogens with two attached hydrogens (primary N) is 1. The number of hydrogen-bond donors (Lipinski definition) is 1. The van der Waals surface area contributed by atoms with Crippen LogP contribution in [0, 0.1) is 0 Å². The van der Waals surface area contributed by atoms with Gasteiger partial charge in [0.25, 0.3) is 0 Å². The molecule has 0 aliphatic rings. The number of thiophene rings is 1. The van der Waals surface area contributed by atoms with E-state index in [1.54, 1.807) is 18.4 Å². The Kier molecular flexibility index (Phi) is 3.49. The third-order valence-corrected chi connectivity index (χ3v) is 3.61. The van der Waals surface area contributed by atoms with Crippen molar-refractivity contribution < 1.29 is 4.74 Å². The van der Waals surface area contributed by atoms with Crippen molar-refractivity contribution in [3.8, 4) is 5.75 Å². The lowest BCUT2D eigenvalue weighted by atomic mass is 10.1. The van der Waals surface area contributed by atoms with Crippen LogP contribution in [0.3, 0.4) is 0 Å². The zero-order valence-corrected chi connectivity index (χ0v) is 10.4. The van der Waals surface area contributed by atoms with Crippen molar-refractivity contribution >= 4 is 22.9 Å². The van der Waals surface area contributed by atoms with Crippen molar-refractivity contribution in [3.63, 3.8) is 0 Å². The molecule has 84 valence electrons. The zero-order valence-electron chi connectivity index (χ0n) is 8.81. The molecule has 1 atom stereocenters. The largest absolute Gasteiger partial charge is 0.496 e. The molecule has 0 saturated heterocycles. The van der Waals surface area contributed by atoms with E-state index in [2.05, 4.69) is 0 Å². The van der Waals surface area contributed by atoms with Crippen molar-refractivity contribution in [1.29, 1.82) is 0 Å². The summed E-state index contributed by atoms with van der Waals surface area (Å²) >= 11 is 7.43. The first kappa shape index (κ1) is 11.5. The van der Waals surface area contributed by atoms with Crippen LogP contribution < -0.4 is 10.5 Å². The average Bonchev–Trinajstić information content (AvgIpc) is 2.77. The van der Waals surface area contributed by atoms with Crippen molar-refractivity contribution in [3.05, 3.63) is 51.2 Å². The molecule has 2 aromatic rings. The summed E-state index contributed by atoms with van der Waals surface area (Å²) in [4.78, 5) is 1.08. The predicted molar refractivity (Wildman–Crippen MR) is 68.4 cm³/mol. The normalized spacial score (nSPS) is 12.4. The van der Waals surface area contributed by atoms with Crippen LogP contribution in [0.2, 0.25) is 5.02 Å². The Bertz CT molecular complexity index is 466. The van der Waals surface area contributed by atoms with Gasteiger partial charge < -0.3 is 10.5 Å². The Labute approximate surface area is 104 Å². The van der Waals surface area contributed by atoms with Gasteiger partial charge in [0, 0.05) is 15.3 Å². The van der Waals surface area contributed by atoms with Crippen molar-refractivity contribution in [2.24, 2.45) is 5.73 Å². The highest BCUT2D eigenvalue weighted by Crippen LogP contribution is 2.29. The summed E-state index contributed by atoms with van der Waals surface area (Å²) in [6, 6.07) is 9.43. The summed E-state index contributed by atoms with van der Waals surface area (Å²) in [5.41, 5.74) is 7.20. The summed E-state index contributed by atoms with van der Waals surface area (Å²) in [6.07, 6.45) is 0. The van der Waals surface area contributed by atoms with Crippen LogP contribution in [0.15, 0.2) is 35.7 Å². The van der Waals surface area contributed by atoms with E-state index in [-0.39, 0.29) is 6.04 Å². The molecule has 0 aliphatic heterocycles. The van der Waals surface area contributed by atoms with Crippen LogP contribution in [-0.4, -0.2) is 7.11 Å². The molecule has 1 aromatic heterocycles. The second-order valence-electron chi connectivity index (χ2n) is 3.42. The lowest BCUT2D eigenvalue weighted by molar-refractivity contribution is 0.416. The first-order valence-electron chi connectivity index (χ1n) is 4.84. The molecule has 1 heterocycles. The zero-order chi connectivity index (χ0) is 11.5. The first-order valence-corrected chi connectivity index (χ1v) is 6.10. The van der Waals surface area contributed by atoms with Gasteiger partial charge in [0.1, 0.15) is 5.75 Å². The van der Waals surface area contributed by atoms with Crippen LogP contribution in [0.4, 0.5) is 0 Å². The number of benzene rings is 1. The molecule has 2 nitrogen and oxygen atoms in total. The Balaban J connectivity index is 2.24. The molecule has 4 heteroatoms. The average molecular weight is 254 g/mol. The molecule has 0 aliphatic carbocycles. The van der Waals surface area contributed by atoms with E-state index in [9.17, 15) is 0 Å². The first-order chi connectivity index (χ1) is 7.70. The Hall–Kier alpha value is -1.03. The summed E-state index contributed by atoms with van der Waals surface area (Å²) in [6.45, 7) is 0. The fraction of sp³-hybridized carbons (Fsp3) is 0.167. The Morgan fingerprint density at radius 2 is 2.00 bits per heavy atom. The summed E-state index contributed by atoms with van der Waals surface area (Å²) in [5.74, 6) is 0.851. The van der Waals surface area contributed by atoms with Gasteiger partial charge in [-0.05, 0) is 23.8 Å². The minimum Gasteiger partial charge on any atom is -0.496 e. The maximum atomic E-state index is 6.15. The molecule has 0 radical (unpaired) electrons. The summed E-state index contributed by atoms with van der Waals surface area (Å²) in [7, 11) is 1.65.